The summed E-state index contributed by atoms with van der Waals surface area (Å²) >= 11 is 0. The fourth-order valence-electron chi connectivity index (χ4n) is 7.85. The van der Waals surface area contributed by atoms with Gasteiger partial charge in [0.05, 0.1) is 12.5 Å². The van der Waals surface area contributed by atoms with Crippen LogP contribution in [-0.4, -0.2) is 37.9 Å². The Hall–Kier alpha value is -0.650. The molecule has 0 N–H and O–H groups in total. The smallest absolute Gasteiger partial charge is 0.310 e. The zero-order valence-corrected chi connectivity index (χ0v) is 20.1. The van der Waals surface area contributed by atoms with Crippen molar-refractivity contribution < 1.29 is 23.7 Å². The average molecular weight is 437 g/mol. The third-order valence-electron chi connectivity index (χ3n) is 8.93. The maximum atomic E-state index is 12.8. The Kier molecular flexibility index (Phi) is 7.98. The third-order valence-corrected chi connectivity index (χ3v) is 8.93. The molecule has 0 radical (unpaired) electrons. The van der Waals surface area contributed by atoms with Gasteiger partial charge < -0.3 is 18.9 Å². The van der Waals surface area contributed by atoms with Gasteiger partial charge in [0.1, 0.15) is 0 Å². The number of carbonyl (C=O) groups excluding carboxylic acids is 1. The lowest BCUT2D eigenvalue weighted by atomic mass is 9.69. The molecule has 4 fully saturated rings. The second-order valence-electron chi connectivity index (χ2n) is 10.5. The Bertz CT molecular complexity index is 588. The molecule has 1 saturated heterocycles. The Morgan fingerprint density at radius 1 is 1.03 bits per heavy atom. The molecule has 0 aromatic carbocycles. The highest BCUT2D eigenvalue weighted by atomic mass is 16.7. The number of hydrogen-bond donors (Lipinski definition) is 0. The van der Waals surface area contributed by atoms with E-state index in [4.69, 9.17) is 18.9 Å². The van der Waals surface area contributed by atoms with Gasteiger partial charge in [0.2, 0.25) is 0 Å². The van der Waals surface area contributed by atoms with E-state index in [1.807, 2.05) is 6.92 Å². The molecule has 1 aliphatic heterocycles. The number of hydrogen-bond acceptors (Lipinski definition) is 5. The first-order chi connectivity index (χ1) is 15.0. The van der Waals surface area contributed by atoms with Gasteiger partial charge >= 0.3 is 5.97 Å². The molecule has 4 rings (SSSR count). The van der Waals surface area contributed by atoms with Crippen molar-refractivity contribution in [3.8, 4) is 0 Å². The van der Waals surface area contributed by atoms with Gasteiger partial charge in [0, 0.05) is 13.2 Å². The largest absolute Gasteiger partial charge is 0.436 e. The van der Waals surface area contributed by atoms with Crippen molar-refractivity contribution in [3.63, 3.8) is 0 Å². The number of fused-ring (bicyclic) bond motifs is 5. The van der Waals surface area contributed by atoms with Gasteiger partial charge in [-0.1, -0.05) is 26.7 Å². The highest BCUT2D eigenvalue weighted by molar-refractivity contribution is 5.70. The van der Waals surface area contributed by atoms with Crippen molar-refractivity contribution in [2.45, 2.75) is 104 Å². The highest BCUT2D eigenvalue weighted by Crippen LogP contribution is 2.66. The molecule has 10 atom stereocenters. The maximum Gasteiger partial charge on any atom is 0.310 e. The van der Waals surface area contributed by atoms with Gasteiger partial charge in [0.25, 0.3) is 0 Å². The van der Waals surface area contributed by atoms with Gasteiger partial charge in [-0.05, 0) is 93.8 Å². The summed E-state index contributed by atoms with van der Waals surface area (Å²) in [5.74, 6) is 5.26. The standard InChI is InChI=1S/C26H44O5/c1-5-17-12-18(6-2)26-21-14-19(25(17)26)13-20(21)22(31-24-10-8-9-11-29-24)15-23(27)30-16(4)28-7-3/h16-22,24-26H,5-15H2,1-4H3. The Morgan fingerprint density at radius 2 is 1.81 bits per heavy atom. The number of esters is 1. The second-order valence-corrected chi connectivity index (χ2v) is 10.5. The number of carbonyl (C=O) groups is 1. The lowest BCUT2D eigenvalue weighted by Crippen LogP contribution is -2.41. The normalized spacial score (nSPS) is 41.2. The van der Waals surface area contributed by atoms with Crippen LogP contribution < -0.4 is 0 Å². The molecule has 0 aromatic rings. The predicted octanol–water partition coefficient (Wildman–Crippen LogP) is 5.56. The van der Waals surface area contributed by atoms with E-state index in [9.17, 15) is 4.79 Å². The summed E-state index contributed by atoms with van der Waals surface area (Å²) in [5.41, 5.74) is 0. The quantitative estimate of drug-likeness (QED) is 0.331. The monoisotopic (exact) mass is 436 g/mol. The topological polar surface area (TPSA) is 54.0 Å². The van der Waals surface area contributed by atoms with E-state index in [0.717, 1.165) is 55.5 Å². The zero-order chi connectivity index (χ0) is 22.0. The molecule has 0 amide bonds. The first-order valence-corrected chi connectivity index (χ1v) is 13.1. The van der Waals surface area contributed by atoms with Crippen LogP contribution in [-0.2, 0) is 23.7 Å². The molecule has 3 saturated carbocycles. The Labute approximate surface area is 188 Å². The molecule has 1 heterocycles. The zero-order valence-electron chi connectivity index (χ0n) is 20.1. The second kappa shape index (κ2) is 10.5. The van der Waals surface area contributed by atoms with Crippen LogP contribution in [0.1, 0.15) is 85.5 Å². The van der Waals surface area contributed by atoms with Gasteiger partial charge in [-0.2, -0.15) is 0 Å². The molecule has 178 valence electrons. The highest BCUT2D eigenvalue weighted by Gasteiger charge is 2.61. The van der Waals surface area contributed by atoms with E-state index in [0.29, 0.717) is 24.9 Å². The molecule has 31 heavy (non-hydrogen) atoms. The van der Waals surface area contributed by atoms with Crippen molar-refractivity contribution in [1.29, 1.82) is 0 Å². The fourth-order valence-corrected chi connectivity index (χ4v) is 7.85. The summed E-state index contributed by atoms with van der Waals surface area (Å²) in [7, 11) is 0. The molecule has 0 spiro atoms. The molecule has 10 unspecified atom stereocenters. The minimum Gasteiger partial charge on any atom is -0.436 e. The van der Waals surface area contributed by atoms with Gasteiger partial charge in [-0.3, -0.25) is 4.79 Å². The average Bonchev–Trinajstić information content (AvgIpc) is 3.45. The molecule has 4 aliphatic rings. The minimum atomic E-state index is -0.502. The van der Waals surface area contributed by atoms with Crippen LogP contribution in [0.2, 0.25) is 0 Å². The summed E-state index contributed by atoms with van der Waals surface area (Å²) in [6.45, 7) is 9.76. The van der Waals surface area contributed by atoms with E-state index in [2.05, 4.69) is 13.8 Å². The van der Waals surface area contributed by atoms with Crippen LogP contribution in [0, 0.1) is 41.4 Å². The third kappa shape index (κ3) is 4.99. The predicted molar refractivity (Wildman–Crippen MR) is 119 cm³/mol. The van der Waals surface area contributed by atoms with Crippen molar-refractivity contribution in [1.82, 2.24) is 0 Å². The van der Waals surface area contributed by atoms with Crippen LogP contribution in [0.25, 0.3) is 0 Å². The van der Waals surface area contributed by atoms with E-state index >= 15 is 0 Å². The van der Waals surface area contributed by atoms with Crippen molar-refractivity contribution >= 4 is 5.97 Å². The fraction of sp³-hybridized carbons (Fsp3) is 0.962. The summed E-state index contributed by atoms with van der Waals surface area (Å²) in [6.07, 6.45) is 9.30. The number of ether oxygens (including phenoxy) is 4. The van der Waals surface area contributed by atoms with Crippen molar-refractivity contribution in [2.24, 2.45) is 41.4 Å². The lowest BCUT2D eigenvalue weighted by molar-refractivity contribution is -0.212. The first kappa shape index (κ1) is 23.5. The van der Waals surface area contributed by atoms with E-state index in [1.165, 1.54) is 32.1 Å². The van der Waals surface area contributed by atoms with Gasteiger partial charge in [-0.25, -0.2) is 0 Å². The van der Waals surface area contributed by atoms with Crippen LogP contribution in [0.5, 0.6) is 0 Å². The van der Waals surface area contributed by atoms with Crippen molar-refractivity contribution in [2.75, 3.05) is 13.2 Å². The first-order valence-electron chi connectivity index (χ1n) is 13.1. The van der Waals surface area contributed by atoms with Crippen LogP contribution in [0.3, 0.4) is 0 Å². The van der Waals surface area contributed by atoms with Crippen molar-refractivity contribution in [3.05, 3.63) is 0 Å². The van der Waals surface area contributed by atoms with E-state index < -0.39 is 6.29 Å². The molecule has 5 heteroatoms. The number of rotatable bonds is 10. The summed E-state index contributed by atoms with van der Waals surface area (Å²) < 4.78 is 23.4. The molecule has 3 aliphatic carbocycles. The molecular weight excluding hydrogens is 392 g/mol. The van der Waals surface area contributed by atoms with Crippen LogP contribution in [0.15, 0.2) is 0 Å². The lowest BCUT2D eigenvalue weighted by Gasteiger charge is -2.40. The molecular formula is C26H44O5. The van der Waals surface area contributed by atoms with E-state index in [1.54, 1.807) is 6.92 Å². The minimum absolute atomic E-state index is 0.0986. The van der Waals surface area contributed by atoms with Gasteiger partial charge in [-0.15, -0.1) is 0 Å². The maximum absolute atomic E-state index is 12.8. The SMILES string of the molecule is CCOC(C)OC(=O)CC(OC1CCCCO1)C1CC2CC1C1C(CC)CC(CC)C21. The molecule has 2 bridgehead atoms. The summed E-state index contributed by atoms with van der Waals surface area (Å²) in [6, 6.07) is 0. The summed E-state index contributed by atoms with van der Waals surface area (Å²) in [5, 5.41) is 0. The molecule has 5 nitrogen and oxygen atoms in total. The van der Waals surface area contributed by atoms with Gasteiger partial charge in [0.15, 0.2) is 12.6 Å². The van der Waals surface area contributed by atoms with E-state index in [-0.39, 0.29) is 18.4 Å². The molecule has 0 aromatic heterocycles. The van der Waals surface area contributed by atoms with Crippen LogP contribution in [0.4, 0.5) is 0 Å². The van der Waals surface area contributed by atoms with Crippen LogP contribution >= 0.6 is 0 Å². The summed E-state index contributed by atoms with van der Waals surface area (Å²) in [4.78, 5) is 12.8. The Balaban J connectivity index is 1.47. The Morgan fingerprint density at radius 3 is 2.48 bits per heavy atom.